The lowest BCUT2D eigenvalue weighted by Gasteiger charge is -2.46. The number of ether oxygens (including phenoxy) is 2. The maximum atomic E-state index is 12.5. The molecule has 2 aliphatic rings. The predicted molar refractivity (Wildman–Crippen MR) is 103 cm³/mol. The van der Waals surface area contributed by atoms with E-state index in [4.69, 9.17) is 9.47 Å². The molecule has 5 atom stereocenters. The van der Waals surface area contributed by atoms with Crippen molar-refractivity contribution in [1.82, 2.24) is 0 Å². The van der Waals surface area contributed by atoms with Crippen molar-refractivity contribution < 1.29 is 23.9 Å². The Kier molecular flexibility index (Phi) is 6.13. The van der Waals surface area contributed by atoms with E-state index in [1.807, 2.05) is 34.6 Å². The van der Waals surface area contributed by atoms with Gasteiger partial charge in [-0.3, -0.25) is 9.59 Å². The number of ketones is 1. The monoisotopic (exact) mass is 374 g/mol. The summed E-state index contributed by atoms with van der Waals surface area (Å²) in [4.78, 5) is 36.4. The van der Waals surface area contributed by atoms with E-state index in [1.54, 1.807) is 6.08 Å². The molecule has 5 nitrogen and oxygen atoms in total. The van der Waals surface area contributed by atoms with Crippen molar-refractivity contribution >= 4 is 17.7 Å². The smallest absolute Gasteiger partial charge is 0.330 e. The zero-order valence-corrected chi connectivity index (χ0v) is 17.1. The minimum atomic E-state index is -0.861. The molecule has 1 saturated carbocycles. The summed E-state index contributed by atoms with van der Waals surface area (Å²) in [6, 6.07) is 0. The van der Waals surface area contributed by atoms with Crippen LogP contribution in [0, 0.1) is 17.3 Å². The Balaban J connectivity index is 2.48. The highest BCUT2D eigenvalue weighted by Gasteiger charge is 2.58. The zero-order chi connectivity index (χ0) is 20.5. The first kappa shape index (κ1) is 21.1. The van der Waals surface area contributed by atoms with Crippen molar-refractivity contribution in [2.45, 2.75) is 66.6 Å². The fraction of sp³-hybridized carbons (Fsp3) is 0.591. The summed E-state index contributed by atoms with van der Waals surface area (Å²) in [7, 11) is 0. The SMILES string of the molecule is C=C(C)C1CC(OC(=O)C=C(C)C)C2(C1)C(C)=CC(=O)C(OC(C)=O)C2C. The molecule has 0 amide bonds. The van der Waals surface area contributed by atoms with Crippen LogP contribution in [0.1, 0.15) is 54.4 Å². The van der Waals surface area contributed by atoms with Crippen molar-refractivity contribution in [2.24, 2.45) is 17.3 Å². The fourth-order valence-corrected chi connectivity index (χ4v) is 4.57. The van der Waals surface area contributed by atoms with E-state index < -0.39 is 23.6 Å². The van der Waals surface area contributed by atoms with Gasteiger partial charge in [-0.15, -0.1) is 0 Å². The second kappa shape index (κ2) is 7.83. The van der Waals surface area contributed by atoms with Crippen molar-refractivity contribution in [3.05, 3.63) is 35.5 Å². The fourth-order valence-electron chi connectivity index (χ4n) is 4.57. The molecule has 0 radical (unpaired) electrons. The molecular weight excluding hydrogens is 344 g/mol. The second-order valence-electron chi connectivity index (χ2n) is 8.22. The van der Waals surface area contributed by atoms with Crippen LogP contribution in [0.5, 0.6) is 0 Å². The third-order valence-corrected chi connectivity index (χ3v) is 5.95. The lowest BCUT2D eigenvalue weighted by Crippen LogP contribution is -2.51. The topological polar surface area (TPSA) is 69.7 Å². The van der Waals surface area contributed by atoms with Crippen LogP contribution in [0.15, 0.2) is 35.5 Å². The maximum absolute atomic E-state index is 12.5. The van der Waals surface area contributed by atoms with Gasteiger partial charge in [-0.25, -0.2) is 4.79 Å². The van der Waals surface area contributed by atoms with E-state index in [-0.39, 0.29) is 23.6 Å². The van der Waals surface area contributed by atoms with Gasteiger partial charge < -0.3 is 9.47 Å². The molecule has 0 aromatic heterocycles. The van der Waals surface area contributed by atoms with Crippen LogP contribution in [0.2, 0.25) is 0 Å². The van der Waals surface area contributed by atoms with E-state index in [0.29, 0.717) is 12.8 Å². The number of hydrogen-bond acceptors (Lipinski definition) is 5. The molecule has 0 aliphatic heterocycles. The first-order valence-electron chi connectivity index (χ1n) is 9.39. The van der Waals surface area contributed by atoms with Crippen LogP contribution in [0.25, 0.3) is 0 Å². The molecule has 0 N–H and O–H groups in total. The van der Waals surface area contributed by atoms with Gasteiger partial charge in [0.2, 0.25) is 0 Å². The van der Waals surface area contributed by atoms with Gasteiger partial charge in [0, 0.05) is 24.3 Å². The van der Waals surface area contributed by atoms with Gasteiger partial charge in [-0.2, -0.15) is 0 Å². The molecular formula is C22H30O5. The summed E-state index contributed by atoms with van der Waals surface area (Å²) < 4.78 is 11.2. The number of carbonyl (C=O) groups is 3. The number of esters is 2. The molecule has 0 bridgehead atoms. The number of allylic oxidation sites excluding steroid dienone is 2. The van der Waals surface area contributed by atoms with Crippen LogP contribution in [0.3, 0.4) is 0 Å². The van der Waals surface area contributed by atoms with E-state index in [1.165, 1.54) is 13.0 Å². The largest absolute Gasteiger partial charge is 0.458 e. The van der Waals surface area contributed by atoms with Crippen molar-refractivity contribution in [3.63, 3.8) is 0 Å². The van der Waals surface area contributed by atoms with Gasteiger partial charge >= 0.3 is 11.9 Å². The molecule has 0 aromatic carbocycles. The summed E-state index contributed by atoms with van der Waals surface area (Å²) in [6.07, 6.45) is 3.12. The van der Waals surface area contributed by atoms with Crippen molar-refractivity contribution in [3.8, 4) is 0 Å². The van der Waals surface area contributed by atoms with Gasteiger partial charge in [0.1, 0.15) is 6.10 Å². The van der Waals surface area contributed by atoms with Crippen LogP contribution in [-0.2, 0) is 23.9 Å². The summed E-state index contributed by atoms with van der Waals surface area (Å²) in [5, 5.41) is 0. The third kappa shape index (κ3) is 4.07. The molecule has 2 aliphatic carbocycles. The summed E-state index contributed by atoms with van der Waals surface area (Å²) in [5.74, 6) is -1.22. The average Bonchev–Trinajstić information content (AvgIpc) is 2.89. The molecule has 5 unspecified atom stereocenters. The molecule has 148 valence electrons. The molecule has 0 saturated heterocycles. The molecule has 5 heteroatoms. The minimum absolute atomic E-state index is 0.173. The standard InChI is InChI=1S/C22H30O5/c1-12(2)8-20(25)27-19-10-17(13(3)4)11-22(19)14(5)9-18(24)21(15(22)6)26-16(7)23/h8-9,15,17,19,21H,3,10-11H2,1-2,4-7H3. The first-order valence-corrected chi connectivity index (χ1v) is 9.39. The van der Waals surface area contributed by atoms with E-state index >= 15 is 0 Å². The minimum Gasteiger partial charge on any atom is -0.458 e. The molecule has 1 spiro atoms. The molecule has 0 aromatic rings. The Morgan fingerprint density at radius 1 is 1.22 bits per heavy atom. The van der Waals surface area contributed by atoms with Crippen LogP contribution in [-0.4, -0.2) is 29.9 Å². The van der Waals surface area contributed by atoms with E-state index in [9.17, 15) is 14.4 Å². The highest BCUT2D eigenvalue weighted by Crippen LogP contribution is 2.57. The molecule has 2 rings (SSSR count). The maximum Gasteiger partial charge on any atom is 0.330 e. The van der Waals surface area contributed by atoms with Gasteiger partial charge in [-0.1, -0.05) is 30.2 Å². The van der Waals surface area contributed by atoms with E-state index in [2.05, 4.69) is 6.58 Å². The second-order valence-corrected chi connectivity index (χ2v) is 8.22. The van der Waals surface area contributed by atoms with E-state index in [0.717, 1.165) is 16.7 Å². The Hall–Kier alpha value is -2.17. The van der Waals surface area contributed by atoms with Crippen molar-refractivity contribution in [1.29, 1.82) is 0 Å². The number of carbonyl (C=O) groups excluding carboxylic acids is 3. The summed E-state index contributed by atoms with van der Waals surface area (Å²) in [6.45, 7) is 14.8. The predicted octanol–water partition coefficient (Wildman–Crippen LogP) is 3.93. The lowest BCUT2D eigenvalue weighted by molar-refractivity contribution is -0.164. The zero-order valence-electron chi connectivity index (χ0n) is 17.1. The average molecular weight is 374 g/mol. The summed E-state index contributed by atoms with van der Waals surface area (Å²) >= 11 is 0. The molecule has 27 heavy (non-hydrogen) atoms. The highest BCUT2D eigenvalue weighted by atomic mass is 16.6. The third-order valence-electron chi connectivity index (χ3n) is 5.95. The quantitative estimate of drug-likeness (QED) is 0.424. The number of rotatable bonds is 4. The van der Waals surface area contributed by atoms with Crippen LogP contribution < -0.4 is 0 Å². The Bertz CT molecular complexity index is 725. The van der Waals surface area contributed by atoms with Crippen molar-refractivity contribution in [2.75, 3.05) is 0 Å². The van der Waals surface area contributed by atoms with Gasteiger partial charge in [0.25, 0.3) is 0 Å². The molecule has 1 fully saturated rings. The Labute approximate surface area is 161 Å². The van der Waals surface area contributed by atoms with Gasteiger partial charge in [0.05, 0.1) is 0 Å². The number of hydrogen-bond donors (Lipinski definition) is 0. The summed E-state index contributed by atoms with van der Waals surface area (Å²) in [5.41, 5.74) is 2.21. The van der Waals surface area contributed by atoms with Gasteiger partial charge in [-0.05, 0) is 52.5 Å². The Morgan fingerprint density at radius 2 is 1.85 bits per heavy atom. The lowest BCUT2D eigenvalue weighted by atomic mass is 9.62. The van der Waals surface area contributed by atoms with Gasteiger partial charge in [0.15, 0.2) is 11.9 Å². The first-order chi connectivity index (χ1) is 12.5. The Morgan fingerprint density at radius 3 is 2.37 bits per heavy atom. The van der Waals surface area contributed by atoms with Crippen LogP contribution in [0.4, 0.5) is 0 Å². The molecule has 0 heterocycles. The highest BCUT2D eigenvalue weighted by molar-refractivity contribution is 5.97. The van der Waals surface area contributed by atoms with Crippen LogP contribution >= 0.6 is 0 Å². The normalized spacial score (nSPS) is 32.7.